The van der Waals surface area contributed by atoms with Crippen molar-refractivity contribution in [1.82, 2.24) is 0 Å². The van der Waals surface area contributed by atoms with Gasteiger partial charge in [-0.15, -0.1) is 0 Å². The van der Waals surface area contributed by atoms with Crippen molar-refractivity contribution in [2.75, 3.05) is 0 Å². The van der Waals surface area contributed by atoms with E-state index in [-0.39, 0.29) is 10.9 Å². The highest BCUT2D eigenvalue weighted by Crippen LogP contribution is 2.42. The summed E-state index contributed by atoms with van der Waals surface area (Å²) in [6.07, 6.45) is 0. The number of fused-ring (bicyclic) bond motifs is 1. The molecule has 0 atom stereocenters. The molecule has 0 saturated carbocycles. The molecule has 0 aliphatic carbocycles. The van der Waals surface area contributed by atoms with Crippen LogP contribution in [-0.2, 0) is 0 Å². The molecule has 82 valence electrons. The summed E-state index contributed by atoms with van der Waals surface area (Å²) >= 11 is 0. The van der Waals surface area contributed by atoms with E-state index >= 15 is 0 Å². The van der Waals surface area contributed by atoms with Crippen LogP contribution in [0.1, 0.15) is 0 Å². The molecule has 2 heteroatoms. The molecule has 0 radical (unpaired) electrons. The Morgan fingerprint density at radius 1 is 0.611 bits per heavy atom. The van der Waals surface area contributed by atoms with Crippen molar-refractivity contribution in [3.05, 3.63) is 56.8 Å². The second kappa shape index (κ2) is 2.36. The summed E-state index contributed by atoms with van der Waals surface area (Å²) in [5, 5.41) is 7.39. The molecule has 0 heterocycles. The fraction of sp³-hybridized carbons (Fsp3) is 0. The highest BCUT2D eigenvalue weighted by molar-refractivity contribution is 6.37. The van der Waals surface area contributed by atoms with Crippen LogP contribution in [0.3, 0.4) is 0 Å². The van der Waals surface area contributed by atoms with E-state index < -0.39 is 0 Å². The van der Waals surface area contributed by atoms with E-state index in [4.69, 9.17) is 0 Å². The highest BCUT2D eigenvalue weighted by Gasteiger charge is 2.22. The third-order valence-electron chi connectivity index (χ3n) is 4.11. The van der Waals surface area contributed by atoms with Crippen LogP contribution in [0, 0.1) is 0 Å². The molecule has 0 spiro atoms. The van der Waals surface area contributed by atoms with Crippen molar-refractivity contribution in [1.29, 1.82) is 0 Å². The van der Waals surface area contributed by atoms with Crippen LogP contribution in [0.5, 0.6) is 0 Å². The van der Waals surface area contributed by atoms with Gasteiger partial charge in [0.2, 0.25) is 10.9 Å². The molecule has 6 bridgehead atoms. The van der Waals surface area contributed by atoms with Crippen LogP contribution in [0.2, 0.25) is 0 Å². The first kappa shape index (κ1) is 8.59. The molecule has 0 aromatic heterocycles. The maximum Gasteiger partial charge on any atom is 0.234 e. The average molecular weight is 230 g/mol. The van der Waals surface area contributed by atoms with Crippen LogP contribution in [0.25, 0.3) is 43.1 Å². The van der Waals surface area contributed by atoms with Gasteiger partial charge in [-0.25, -0.2) is 0 Å². The SMILES string of the molecule is O=c1c(=O)c2c3cc1c1c2ccc2cccc3c21. The topological polar surface area (TPSA) is 34.1 Å². The average Bonchev–Trinajstić information content (AvgIpc) is 2.42. The summed E-state index contributed by atoms with van der Waals surface area (Å²) in [4.78, 5) is 24.0. The molecule has 2 nitrogen and oxygen atoms in total. The lowest BCUT2D eigenvalue weighted by molar-refractivity contribution is 1.60. The highest BCUT2D eigenvalue weighted by atomic mass is 16.2. The molecule has 0 unspecified atom stereocenters. The molecule has 7 aromatic rings. The van der Waals surface area contributed by atoms with Crippen LogP contribution in [-0.4, -0.2) is 0 Å². The van der Waals surface area contributed by atoms with E-state index in [9.17, 15) is 9.59 Å². The van der Waals surface area contributed by atoms with Gasteiger partial charge in [0.1, 0.15) is 0 Å². The van der Waals surface area contributed by atoms with Crippen LogP contribution >= 0.6 is 0 Å². The Balaban J connectivity index is 2.49. The van der Waals surface area contributed by atoms with E-state index in [0.717, 1.165) is 32.3 Å². The van der Waals surface area contributed by atoms with Gasteiger partial charge in [0.05, 0.1) is 0 Å². The fourth-order valence-electron chi connectivity index (χ4n) is 3.40. The Morgan fingerprint density at radius 2 is 1.50 bits per heavy atom. The minimum absolute atomic E-state index is 0.344. The fourth-order valence-corrected chi connectivity index (χ4v) is 3.40. The lowest BCUT2D eigenvalue weighted by Crippen LogP contribution is -2.26. The Hall–Kier alpha value is -2.48. The van der Waals surface area contributed by atoms with Gasteiger partial charge in [-0.2, -0.15) is 0 Å². The van der Waals surface area contributed by atoms with Gasteiger partial charge in [0.25, 0.3) is 0 Å². The maximum absolute atomic E-state index is 12.1. The number of rotatable bonds is 0. The second-order valence-electron chi connectivity index (χ2n) is 4.90. The minimum atomic E-state index is -0.344. The van der Waals surface area contributed by atoms with Gasteiger partial charge in [-0.1, -0.05) is 30.3 Å². The largest absolute Gasteiger partial charge is 0.285 e. The summed E-state index contributed by atoms with van der Waals surface area (Å²) in [5.74, 6) is 0. The van der Waals surface area contributed by atoms with Crippen LogP contribution in [0.15, 0.2) is 46.0 Å². The standard InChI is InChI=1S/C16H6O2/c17-15-11-6-10-8-3-1-2-7-4-5-9(13(11)12(7)8)14(10)16(15)18/h1-6H. The van der Waals surface area contributed by atoms with Gasteiger partial charge < -0.3 is 0 Å². The molecule has 0 N–H and O–H groups in total. The molecular weight excluding hydrogens is 224 g/mol. The predicted octanol–water partition coefficient (Wildman–Crippen LogP) is 2.77. The Kier molecular flexibility index (Phi) is 1.13. The van der Waals surface area contributed by atoms with Gasteiger partial charge in [0.15, 0.2) is 0 Å². The Labute approximate surface area is 100 Å². The van der Waals surface area contributed by atoms with Crippen molar-refractivity contribution < 1.29 is 0 Å². The van der Waals surface area contributed by atoms with Crippen molar-refractivity contribution in [2.45, 2.75) is 0 Å². The summed E-state index contributed by atoms with van der Waals surface area (Å²) < 4.78 is 0. The maximum atomic E-state index is 12.1. The number of benzene rings is 7. The first-order valence-corrected chi connectivity index (χ1v) is 5.89. The molecule has 0 saturated heterocycles. The Morgan fingerprint density at radius 3 is 2.39 bits per heavy atom. The van der Waals surface area contributed by atoms with E-state index in [0.29, 0.717) is 10.8 Å². The third-order valence-corrected chi connectivity index (χ3v) is 4.11. The lowest BCUT2D eigenvalue weighted by Gasteiger charge is -2.17. The molecule has 7 aromatic carbocycles. The quantitative estimate of drug-likeness (QED) is 0.303. The van der Waals surface area contributed by atoms with E-state index in [1.54, 1.807) is 0 Å². The molecule has 0 aliphatic heterocycles. The first-order chi connectivity index (χ1) is 8.77. The van der Waals surface area contributed by atoms with Crippen LogP contribution in [0.4, 0.5) is 0 Å². The number of hydrogen-bond donors (Lipinski definition) is 0. The molecule has 7 rings (SSSR count). The zero-order valence-corrected chi connectivity index (χ0v) is 9.28. The van der Waals surface area contributed by atoms with Crippen LogP contribution < -0.4 is 10.9 Å². The number of hydrogen-bond acceptors (Lipinski definition) is 2. The molecule has 18 heavy (non-hydrogen) atoms. The molecule has 0 aliphatic rings. The van der Waals surface area contributed by atoms with Crippen molar-refractivity contribution >= 4 is 43.1 Å². The van der Waals surface area contributed by atoms with Gasteiger partial charge in [-0.3, -0.25) is 9.59 Å². The van der Waals surface area contributed by atoms with Crippen molar-refractivity contribution in [2.24, 2.45) is 0 Å². The van der Waals surface area contributed by atoms with Crippen molar-refractivity contribution in [3.8, 4) is 0 Å². The smallest absolute Gasteiger partial charge is 0.234 e. The molecule has 0 fully saturated rings. The minimum Gasteiger partial charge on any atom is -0.285 e. The lowest BCUT2D eigenvalue weighted by atomic mass is 9.84. The van der Waals surface area contributed by atoms with Gasteiger partial charge in [-0.05, 0) is 33.0 Å². The third kappa shape index (κ3) is 0.663. The summed E-state index contributed by atoms with van der Waals surface area (Å²) in [6, 6.07) is 11.9. The molecular formula is C16H6O2. The molecule has 0 amide bonds. The van der Waals surface area contributed by atoms with Gasteiger partial charge >= 0.3 is 0 Å². The Bertz CT molecular complexity index is 1140. The zero-order chi connectivity index (χ0) is 12.0. The van der Waals surface area contributed by atoms with Gasteiger partial charge in [0, 0.05) is 16.2 Å². The van der Waals surface area contributed by atoms with Crippen molar-refractivity contribution in [3.63, 3.8) is 0 Å². The summed E-state index contributed by atoms with van der Waals surface area (Å²) in [7, 11) is 0. The monoisotopic (exact) mass is 230 g/mol. The summed E-state index contributed by atoms with van der Waals surface area (Å²) in [6.45, 7) is 0. The predicted molar refractivity (Wildman–Crippen MR) is 73.8 cm³/mol. The summed E-state index contributed by atoms with van der Waals surface area (Å²) in [5.41, 5.74) is -0.688. The normalized spacial score (nSPS) is 12.9. The van der Waals surface area contributed by atoms with E-state index in [1.807, 2.05) is 36.4 Å². The second-order valence-corrected chi connectivity index (χ2v) is 4.90. The first-order valence-electron chi connectivity index (χ1n) is 5.89. The van der Waals surface area contributed by atoms with E-state index in [2.05, 4.69) is 0 Å². The van der Waals surface area contributed by atoms with E-state index in [1.165, 1.54) is 0 Å². The zero-order valence-electron chi connectivity index (χ0n) is 9.28.